The summed E-state index contributed by atoms with van der Waals surface area (Å²) in [6.07, 6.45) is -0.484. The lowest BCUT2D eigenvalue weighted by atomic mass is 10.1. The summed E-state index contributed by atoms with van der Waals surface area (Å²) in [7, 11) is 1.50. The molecule has 20 heavy (non-hydrogen) atoms. The summed E-state index contributed by atoms with van der Waals surface area (Å²) < 4.78 is 33.2. The molecule has 1 aliphatic heterocycles. The highest BCUT2D eigenvalue weighted by Gasteiger charge is 2.33. The third kappa shape index (κ3) is 3.43. The Morgan fingerprint density at radius 2 is 2.05 bits per heavy atom. The van der Waals surface area contributed by atoms with E-state index in [-0.39, 0.29) is 11.3 Å². The highest BCUT2D eigenvalue weighted by Crippen LogP contribution is 2.32. The fraction of sp³-hybridized carbons (Fsp3) is 0.462. The number of hydrogen-bond acceptors (Lipinski definition) is 5. The van der Waals surface area contributed by atoms with Gasteiger partial charge in [-0.05, 0) is 44.5 Å². The SMILES string of the molecule is CC(C)(C)OC(=O)C1Cc2cc(S(=O)(=O)Cl)ccc2O1. The molecule has 7 heteroatoms. The first kappa shape index (κ1) is 15.1. The molecule has 0 amide bonds. The number of benzene rings is 1. The van der Waals surface area contributed by atoms with Crippen LogP contribution in [0.3, 0.4) is 0 Å². The van der Waals surface area contributed by atoms with Gasteiger partial charge < -0.3 is 9.47 Å². The van der Waals surface area contributed by atoms with Gasteiger partial charge in [0.05, 0.1) is 4.90 Å². The largest absolute Gasteiger partial charge is 0.478 e. The average molecular weight is 319 g/mol. The number of carbonyl (C=O) groups is 1. The number of fused-ring (bicyclic) bond motifs is 1. The van der Waals surface area contributed by atoms with Gasteiger partial charge in [0.2, 0.25) is 0 Å². The number of carbonyl (C=O) groups excluding carboxylic acids is 1. The van der Waals surface area contributed by atoms with Crippen LogP contribution in [0.4, 0.5) is 0 Å². The zero-order chi connectivity index (χ0) is 15.1. The Morgan fingerprint density at radius 3 is 2.60 bits per heavy atom. The second-order valence-electron chi connectivity index (χ2n) is 5.55. The zero-order valence-corrected chi connectivity index (χ0v) is 12.9. The van der Waals surface area contributed by atoms with Gasteiger partial charge in [-0.2, -0.15) is 0 Å². The lowest BCUT2D eigenvalue weighted by molar-refractivity contribution is -0.162. The first-order chi connectivity index (χ1) is 9.06. The van der Waals surface area contributed by atoms with Gasteiger partial charge >= 0.3 is 5.97 Å². The minimum Gasteiger partial charge on any atom is -0.478 e. The molecule has 1 atom stereocenters. The molecule has 5 nitrogen and oxygen atoms in total. The molecule has 0 fully saturated rings. The predicted octanol–water partition coefficient (Wildman–Crippen LogP) is 2.26. The van der Waals surface area contributed by atoms with Crippen LogP contribution < -0.4 is 4.74 Å². The van der Waals surface area contributed by atoms with Crippen molar-refractivity contribution in [3.05, 3.63) is 23.8 Å². The van der Waals surface area contributed by atoms with Gasteiger partial charge in [-0.3, -0.25) is 0 Å². The van der Waals surface area contributed by atoms with Crippen molar-refractivity contribution < 1.29 is 22.7 Å². The van der Waals surface area contributed by atoms with Crippen molar-refractivity contribution in [1.29, 1.82) is 0 Å². The molecule has 110 valence electrons. The number of halogens is 1. The highest BCUT2D eigenvalue weighted by molar-refractivity contribution is 8.13. The Morgan fingerprint density at radius 1 is 1.40 bits per heavy atom. The fourth-order valence-electron chi connectivity index (χ4n) is 1.88. The van der Waals surface area contributed by atoms with E-state index in [1.807, 2.05) is 0 Å². The van der Waals surface area contributed by atoms with E-state index in [1.165, 1.54) is 18.2 Å². The number of hydrogen-bond donors (Lipinski definition) is 0. The van der Waals surface area contributed by atoms with Gasteiger partial charge in [-0.15, -0.1) is 0 Å². The molecule has 1 heterocycles. The van der Waals surface area contributed by atoms with Gasteiger partial charge in [0, 0.05) is 17.1 Å². The topological polar surface area (TPSA) is 69.7 Å². The van der Waals surface area contributed by atoms with Crippen LogP contribution in [0.2, 0.25) is 0 Å². The van der Waals surface area contributed by atoms with Crippen LogP contribution in [0, 0.1) is 0 Å². The summed E-state index contributed by atoms with van der Waals surface area (Å²) in [6, 6.07) is 4.26. The second kappa shape index (κ2) is 4.93. The second-order valence-corrected chi connectivity index (χ2v) is 8.12. The van der Waals surface area contributed by atoms with E-state index in [4.69, 9.17) is 20.2 Å². The minimum absolute atomic E-state index is 0.00800. The van der Waals surface area contributed by atoms with Crippen molar-refractivity contribution in [2.45, 2.75) is 43.8 Å². The smallest absolute Gasteiger partial charge is 0.348 e. The quantitative estimate of drug-likeness (QED) is 0.618. The molecule has 1 unspecified atom stereocenters. The maximum atomic E-state index is 11.9. The van der Waals surface area contributed by atoms with E-state index in [0.717, 1.165) is 0 Å². The first-order valence-electron chi connectivity index (χ1n) is 6.03. The Balaban J connectivity index is 2.18. The van der Waals surface area contributed by atoms with E-state index in [2.05, 4.69) is 0 Å². The summed E-state index contributed by atoms with van der Waals surface area (Å²) in [5.41, 5.74) is 0.0300. The number of esters is 1. The van der Waals surface area contributed by atoms with Crippen LogP contribution in [0.5, 0.6) is 5.75 Å². The van der Waals surface area contributed by atoms with Gasteiger partial charge in [0.25, 0.3) is 9.05 Å². The zero-order valence-electron chi connectivity index (χ0n) is 11.3. The van der Waals surface area contributed by atoms with E-state index in [1.54, 1.807) is 20.8 Å². The van der Waals surface area contributed by atoms with Gasteiger partial charge in [0.15, 0.2) is 6.10 Å². The van der Waals surface area contributed by atoms with Gasteiger partial charge in [0.1, 0.15) is 11.4 Å². The van der Waals surface area contributed by atoms with E-state index >= 15 is 0 Å². The summed E-state index contributed by atoms with van der Waals surface area (Å²) in [5, 5.41) is 0. The third-order valence-corrected chi connectivity index (χ3v) is 4.01. The Hall–Kier alpha value is -1.27. The van der Waals surface area contributed by atoms with E-state index < -0.39 is 26.7 Å². The molecule has 2 rings (SSSR count). The molecule has 1 aromatic rings. The van der Waals surface area contributed by atoms with Crippen LogP contribution in [0.25, 0.3) is 0 Å². The average Bonchev–Trinajstić information content (AvgIpc) is 2.67. The summed E-state index contributed by atoms with van der Waals surface area (Å²) in [6.45, 7) is 5.31. The molecule has 0 saturated carbocycles. The van der Waals surface area contributed by atoms with Crippen molar-refractivity contribution in [3.63, 3.8) is 0 Å². The summed E-state index contributed by atoms with van der Waals surface area (Å²) in [4.78, 5) is 11.9. The molecule has 0 saturated heterocycles. The first-order valence-corrected chi connectivity index (χ1v) is 8.34. The Bertz CT molecular complexity index is 645. The summed E-state index contributed by atoms with van der Waals surface area (Å²) >= 11 is 0. The highest BCUT2D eigenvalue weighted by atomic mass is 35.7. The van der Waals surface area contributed by atoms with Crippen LogP contribution in [-0.4, -0.2) is 26.1 Å². The van der Waals surface area contributed by atoms with Crippen molar-refractivity contribution in [1.82, 2.24) is 0 Å². The Labute approximate surface area is 122 Å². The molecule has 0 bridgehead atoms. The van der Waals surface area contributed by atoms with E-state index in [0.29, 0.717) is 11.3 Å². The molecule has 0 spiro atoms. The molecule has 0 radical (unpaired) electrons. The van der Waals surface area contributed by atoms with E-state index in [9.17, 15) is 13.2 Å². The number of rotatable bonds is 2. The van der Waals surface area contributed by atoms with Crippen molar-refractivity contribution >= 4 is 25.7 Å². The van der Waals surface area contributed by atoms with Crippen molar-refractivity contribution in [3.8, 4) is 5.75 Å². The molecular formula is C13H15ClO5S. The standard InChI is InChI=1S/C13H15ClO5S/c1-13(2,3)19-12(15)11-7-8-6-9(20(14,16)17)4-5-10(8)18-11/h4-6,11H,7H2,1-3H3. The number of ether oxygens (including phenoxy) is 2. The Kier molecular flexibility index (Phi) is 3.73. The lowest BCUT2D eigenvalue weighted by Crippen LogP contribution is -2.34. The third-order valence-electron chi connectivity index (χ3n) is 2.66. The van der Waals surface area contributed by atoms with Crippen LogP contribution in [-0.2, 0) is 25.0 Å². The monoisotopic (exact) mass is 318 g/mol. The van der Waals surface area contributed by atoms with Gasteiger partial charge in [-0.1, -0.05) is 0 Å². The molecule has 1 aliphatic rings. The minimum atomic E-state index is -3.79. The maximum Gasteiger partial charge on any atom is 0.348 e. The normalized spacial score (nSPS) is 18.3. The van der Waals surface area contributed by atoms with Crippen molar-refractivity contribution in [2.75, 3.05) is 0 Å². The van der Waals surface area contributed by atoms with Crippen molar-refractivity contribution in [2.24, 2.45) is 0 Å². The maximum absolute atomic E-state index is 11.9. The fourth-order valence-corrected chi connectivity index (χ4v) is 2.68. The van der Waals surface area contributed by atoms with Gasteiger partial charge in [-0.25, -0.2) is 13.2 Å². The molecular weight excluding hydrogens is 304 g/mol. The summed E-state index contributed by atoms with van der Waals surface area (Å²) in [5.74, 6) is 0.00825. The predicted molar refractivity (Wildman–Crippen MR) is 73.4 cm³/mol. The molecule has 0 N–H and O–H groups in total. The van der Waals surface area contributed by atoms with Crippen LogP contribution >= 0.6 is 10.7 Å². The molecule has 0 aliphatic carbocycles. The van der Waals surface area contributed by atoms with Crippen LogP contribution in [0.15, 0.2) is 23.1 Å². The molecule has 1 aromatic carbocycles. The van der Waals surface area contributed by atoms with Crippen LogP contribution in [0.1, 0.15) is 26.3 Å². The molecule has 0 aromatic heterocycles. The lowest BCUT2D eigenvalue weighted by Gasteiger charge is -2.21.